The Kier molecular flexibility index (Phi) is 4.67. The summed E-state index contributed by atoms with van der Waals surface area (Å²) in [5.41, 5.74) is -5.54. The Morgan fingerprint density at radius 1 is 1.25 bits per heavy atom. The quantitative estimate of drug-likeness (QED) is 0.343. The average molecular weight is 390 g/mol. The maximum absolute atomic E-state index is 12.5. The van der Waals surface area contributed by atoms with Gasteiger partial charge in [0.15, 0.2) is 8.32 Å². The summed E-state index contributed by atoms with van der Waals surface area (Å²) in [6.07, 6.45) is -2.85. The summed E-state index contributed by atoms with van der Waals surface area (Å²) in [6, 6.07) is 0. The number of hydrogen-bond donors (Lipinski definition) is 1. The molecule has 1 fully saturated rings. The second kappa shape index (κ2) is 5.69. The minimum Gasteiger partial charge on any atom is -0.408 e. The fourth-order valence-corrected chi connectivity index (χ4v) is 3.76. The highest BCUT2D eigenvalue weighted by atomic mass is 32.2. The third-order valence-electron chi connectivity index (χ3n) is 4.53. The van der Waals surface area contributed by atoms with Crippen LogP contribution in [-0.4, -0.2) is 51.8 Å². The van der Waals surface area contributed by atoms with Crippen LogP contribution < -0.4 is 0 Å². The second-order valence-corrected chi connectivity index (χ2v) is 13.7. The van der Waals surface area contributed by atoms with Crippen LogP contribution in [0.1, 0.15) is 20.8 Å². The first-order chi connectivity index (χ1) is 10.6. The van der Waals surface area contributed by atoms with Crippen LogP contribution in [0.15, 0.2) is 11.8 Å². The zero-order chi connectivity index (χ0) is 18.7. The zero-order valence-corrected chi connectivity index (χ0v) is 15.7. The molecular formula is C13H21F3O6SSi. The summed E-state index contributed by atoms with van der Waals surface area (Å²) in [6.45, 7) is 9.68. The summed E-state index contributed by atoms with van der Waals surface area (Å²) >= 11 is 0. The van der Waals surface area contributed by atoms with Crippen LogP contribution >= 0.6 is 0 Å². The Balaban J connectivity index is 2.25. The molecule has 0 bridgehead atoms. The van der Waals surface area contributed by atoms with Crippen LogP contribution in [0.4, 0.5) is 13.2 Å². The number of epoxide rings is 1. The predicted octanol–water partition coefficient (Wildman–Crippen LogP) is 2.27. The molecule has 0 radical (unpaired) electrons. The van der Waals surface area contributed by atoms with Crippen LogP contribution in [0.25, 0.3) is 0 Å². The van der Waals surface area contributed by atoms with Gasteiger partial charge in [-0.1, -0.05) is 20.8 Å². The standard InChI is InChI=1S/C13H21F3O6SSi/c1-12(2,3)24(4,5)22-7-6-8(10-11(20-10)9(7)17)21-23(18,19)13(14,15)16/h6-7,9-11,17H,1-5H3/t7-,9-,10+,11-/m1/s1. The van der Waals surface area contributed by atoms with Crippen molar-refractivity contribution in [2.75, 3.05) is 0 Å². The summed E-state index contributed by atoms with van der Waals surface area (Å²) in [4.78, 5) is 0. The summed E-state index contributed by atoms with van der Waals surface area (Å²) < 4.78 is 75.0. The number of rotatable bonds is 4. The summed E-state index contributed by atoms with van der Waals surface area (Å²) in [7, 11) is -8.15. The fourth-order valence-electron chi connectivity index (χ4n) is 2.02. The summed E-state index contributed by atoms with van der Waals surface area (Å²) in [5.74, 6) is -0.494. The van der Waals surface area contributed by atoms with E-state index < -0.39 is 54.1 Å². The molecule has 0 aromatic carbocycles. The van der Waals surface area contributed by atoms with E-state index in [0.29, 0.717) is 0 Å². The van der Waals surface area contributed by atoms with E-state index >= 15 is 0 Å². The van der Waals surface area contributed by atoms with Gasteiger partial charge >= 0.3 is 15.6 Å². The molecule has 0 aromatic heterocycles. The van der Waals surface area contributed by atoms with Crippen LogP contribution in [0.2, 0.25) is 18.1 Å². The first-order valence-electron chi connectivity index (χ1n) is 7.31. The molecule has 0 spiro atoms. The van der Waals surface area contributed by atoms with Crippen molar-refractivity contribution in [3.05, 3.63) is 11.8 Å². The minimum atomic E-state index is -5.79. The monoisotopic (exact) mass is 390 g/mol. The van der Waals surface area contributed by atoms with Gasteiger partial charge in [-0.15, -0.1) is 0 Å². The molecule has 1 N–H and O–H groups in total. The van der Waals surface area contributed by atoms with Crippen molar-refractivity contribution in [1.82, 2.24) is 0 Å². The topological polar surface area (TPSA) is 85.4 Å². The van der Waals surface area contributed by atoms with Gasteiger partial charge in [0.1, 0.15) is 24.1 Å². The van der Waals surface area contributed by atoms with Crippen molar-refractivity contribution in [2.24, 2.45) is 0 Å². The first-order valence-corrected chi connectivity index (χ1v) is 11.6. The molecule has 0 saturated carbocycles. The molecule has 0 amide bonds. The number of halogens is 3. The molecule has 140 valence electrons. The highest BCUT2D eigenvalue weighted by Crippen LogP contribution is 2.44. The van der Waals surface area contributed by atoms with Crippen LogP contribution in [-0.2, 0) is 23.5 Å². The molecule has 0 unspecified atom stereocenters. The van der Waals surface area contributed by atoms with E-state index in [9.17, 15) is 26.7 Å². The van der Waals surface area contributed by atoms with Crippen molar-refractivity contribution < 1.29 is 40.0 Å². The van der Waals surface area contributed by atoms with Gasteiger partial charge < -0.3 is 18.5 Å². The van der Waals surface area contributed by atoms with Crippen molar-refractivity contribution >= 4 is 18.4 Å². The Labute approximate surface area is 139 Å². The molecule has 1 saturated heterocycles. The van der Waals surface area contributed by atoms with Gasteiger partial charge in [0.25, 0.3) is 0 Å². The molecule has 1 heterocycles. The molecule has 2 aliphatic rings. The average Bonchev–Trinajstić information content (AvgIpc) is 3.12. The number of aliphatic hydroxyl groups excluding tert-OH is 1. The van der Waals surface area contributed by atoms with Crippen molar-refractivity contribution in [3.63, 3.8) is 0 Å². The van der Waals surface area contributed by atoms with E-state index in [1.165, 1.54) is 0 Å². The molecular weight excluding hydrogens is 369 g/mol. The Morgan fingerprint density at radius 3 is 2.25 bits per heavy atom. The Morgan fingerprint density at radius 2 is 1.79 bits per heavy atom. The van der Waals surface area contributed by atoms with Gasteiger partial charge in [0, 0.05) is 0 Å². The van der Waals surface area contributed by atoms with E-state index in [-0.39, 0.29) is 5.04 Å². The van der Waals surface area contributed by atoms with Crippen LogP contribution in [0, 0.1) is 0 Å². The molecule has 6 nitrogen and oxygen atoms in total. The molecule has 1 aliphatic carbocycles. The number of alkyl halides is 3. The Bertz CT molecular complexity index is 637. The normalized spacial score (nSPS) is 31.3. The van der Waals surface area contributed by atoms with Gasteiger partial charge in [-0.2, -0.15) is 21.6 Å². The summed E-state index contributed by atoms with van der Waals surface area (Å²) in [5, 5.41) is 9.98. The molecule has 2 rings (SSSR count). The number of ether oxygens (including phenoxy) is 1. The van der Waals surface area contributed by atoms with E-state index in [1.807, 2.05) is 33.9 Å². The lowest BCUT2D eigenvalue weighted by Crippen LogP contribution is -2.49. The Hall–Kier alpha value is -0.623. The van der Waals surface area contributed by atoms with Crippen LogP contribution in [0.3, 0.4) is 0 Å². The number of hydrogen-bond acceptors (Lipinski definition) is 6. The van der Waals surface area contributed by atoms with E-state index in [1.54, 1.807) is 0 Å². The lowest BCUT2D eigenvalue weighted by molar-refractivity contribution is -0.0526. The minimum absolute atomic E-state index is 0.207. The smallest absolute Gasteiger partial charge is 0.408 e. The molecule has 0 aromatic rings. The van der Waals surface area contributed by atoms with Gasteiger partial charge in [0.2, 0.25) is 0 Å². The SMILES string of the molecule is CC(C)(C)[Si](C)(C)O[C@@H]1C=C(OS(=O)(=O)C(F)(F)F)[C@@H]2O[C@@H]2[C@@H]1O. The van der Waals surface area contributed by atoms with Gasteiger partial charge in [0.05, 0.1) is 6.10 Å². The zero-order valence-electron chi connectivity index (χ0n) is 13.9. The van der Waals surface area contributed by atoms with Gasteiger partial charge in [-0.05, 0) is 24.2 Å². The third kappa shape index (κ3) is 3.64. The third-order valence-corrected chi connectivity index (χ3v) is 9.99. The first kappa shape index (κ1) is 19.7. The highest BCUT2D eigenvalue weighted by molar-refractivity contribution is 7.87. The molecule has 1 aliphatic heterocycles. The lowest BCUT2D eigenvalue weighted by atomic mass is 10.0. The second-order valence-electron chi connectivity index (χ2n) is 7.41. The lowest BCUT2D eigenvalue weighted by Gasteiger charge is -2.40. The number of fused-ring (bicyclic) bond motifs is 1. The van der Waals surface area contributed by atoms with Crippen molar-refractivity contribution in [1.29, 1.82) is 0 Å². The molecule has 4 atom stereocenters. The highest BCUT2D eigenvalue weighted by Gasteiger charge is 2.58. The maximum atomic E-state index is 12.5. The van der Waals surface area contributed by atoms with E-state index in [2.05, 4.69) is 4.18 Å². The molecule has 24 heavy (non-hydrogen) atoms. The fraction of sp³-hybridized carbons (Fsp3) is 0.846. The number of aliphatic hydroxyl groups is 1. The molecule has 11 heteroatoms. The van der Waals surface area contributed by atoms with Crippen molar-refractivity contribution in [3.8, 4) is 0 Å². The van der Waals surface area contributed by atoms with Gasteiger partial charge in [-0.3, -0.25) is 0 Å². The van der Waals surface area contributed by atoms with Crippen LogP contribution in [0.5, 0.6) is 0 Å². The largest absolute Gasteiger partial charge is 0.534 e. The van der Waals surface area contributed by atoms with E-state index in [0.717, 1.165) is 6.08 Å². The van der Waals surface area contributed by atoms with E-state index in [4.69, 9.17) is 9.16 Å². The van der Waals surface area contributed by atoms with Gasteiger partial charge in [-0.25, -0.2) is 0 Å². The maximum Gasteiger partial charge on any atom is 0.534 e. The van der Waals surface area contributed by atoms with Crippen molar-refractivity contribution in [2.45, 2.75) is 68.8 Å². The predicted molar refractivity (Wildman–Crippen MR) is 80.9 cm³/mol.